The Labute approximate surface area is 129 Å². The number of hydrogen-bond acceptors (Lipinski definition) is 4. The van der Waals surface area contributed by atoms with Gasteiger partial charge in [-0.3, -0.25) is 9.36 Å². The molecule has 0 saturated carbocycles. The van der Waals surface area contributed by atoms with E-state index in [2.05, 4.69) is 10.2 Å². The molecule has 2 heterocycles. The molecule has 0 aromatic carbocycles. The maximum Gasteiger partial charge on any atom is 0.246 e. The summed E-state index contributed by atoms with van der Waals surface area (Å²) in [5.41, 5.74) is 1.27. The van der Waals surface area contributed by atoms with Crippen LogP contribution in [-0.4, -0.2) is 39.3 Å². The van der Waals surface area contributed by atoms with Crippen molar-refractivity contribution in [3.05, 3.63) is 28.8 Å². The molecule has 9 heteroatoms. The van der Waals surface area contributed by atoms with Crippen molar-refractivity contribution >= 4 is 21.6 Å². The van der Waals surface area contributed by atoms with Gasteiger partial charge in [-0.05, 0) is 13.8 Å². The van der Waals surface area contributed by atoms with E-state index in [1.165, 1.54) is 28.4 Å². The molecule has 21 heavy (non-hydrogen) atoms. The topological polar surface area (TPSA) is 73.0 Å². The molecular formula is C12H18ClN5O2S. The van der Waals surface area contributed by atoms with Crippen LogP contribution in [0.5, 0.6) is 0 Å². The highest BCUT2D eigenvalue weighted by atomic mass is 35.5. The summed E-state index contributed by atoms with van der Waals surface area (Å²) in [7, 11) is -0.392. The average Bonchev–Trinajstić information content (AvgIpc) is 2.95. The molecule has 0 bridgehead atoms. The molecule has 0 unspecified atom stereocenters. The van der Waals surface area contributed by atoms with Gasteiger partial charge >= 0.3 is 0 Å². The highest BCUT2D eigenvalue weighted by molar-refractivity contribution is 7.89. The molecule has 0 amide bonds. The Morgan fingerprint density at radius 1 is 1.33 bits per heavy atom. The van der Waals surface area contributed by atoms with Crippen LogP contribution in [0.15, 0.2) is 17.3 Å². The summed E-state index contributed by atoms with van der Waals surface area (Å²) >= 11 is 6.08. The summed E-state index contributed by atoms with van der Waals surface area (Å²) in [6.07, 6.45) is 2.88. The summed E-state index contributed by atoms with van der Waals surface area (Å²) in [6.45, 7) is 4.43. The molecule has 2 aromatic heterocycles. The second-order valence-electron chi connectivity index (χ2n) is 4.73. The van der Waals surface area contributed by atoms with Gasteiger partial charge in [-0.2, -0.15) is 14.5 Å². The summed E-state index contributed by atoms with van der Waals surface area (Å²) in [5, 5.41) is 8.55. The Hall–Kier alpha value is -1.38. The molecule has 0 aliphatic heterocycles. The van der Waals surface area contributed by atoms with Crippen LogP contribution in [0.3, 0.4) is 0 Å². The van der Waals surface area contributed by atoms with E-state index < -0.39 is 10.0 Å². The van der Waals surface area contributed by atoms with Crippen molar-refractivity contribution in [2.75, 3.05) is 7.05 Å². The van der Waals surface area contributed by atoms with Crippen LogP contribution < -0.4 is 0 Å². The van der Waals surface area contributed by atoms with Crippen molar-refractivity contribution in [2.45, 2.75) is 31.8 Å². The zero-order chi connectivity index (χ0) is 15.8. The Kier molecular flexibility index (Phi) is 4.40. The number of halogens is 1. The largest absolute Gasteiger partial charge is 0.272 e. The third-order valence-corrected chi connectivity index (χ3v) is 5.67. The molecule has 2 rings (SSSR count). The fraction of sp³-hybridized carbons (Fsp3) is 0.500. The van der Waals surface area contributed by atoms with E-state index in [0.717, 1.165) is 0 Å². The maximum absolute atomic E-state index is 12.6. The average molecular weight is 332 g/mol. The molecule has 0 N–H and O–H groups in total. The molecule has 0 saturated heterocycles. The van der Waals surface area contributed by atoms with Crippen molar-refractivity contribution in [3.8, 4) is 0 Å². The first-order chi connectivity index (χ1) is 9.78. The highest BCUT2D eigenvalue weighted by Gasteiger charge is 2.26. The molecule has 0 fully saturated rings. The van der Waals surface area contributed by atoms with Crippen LogP contribution in [0.4, 0.5) is 0 Å². The first-order valence-corrected chi connectivity index (χ1v) is 8.26. The standard InChI is InChI=1S/C12H18ClN5O2S/c1-5-18-11(10(13)6-15-18)8-16(3)21(19,20)12-7-14-17(4)9(12)2/h6-7H,5,8H2,1-4H3. The number of rotatable bonds is 5. The van der Waals surface area contributed by atoms with E-state index in [0.29, 0.717) is 23.0 Å². The van der Waals surface area contributed by atoms with Crippen LogP contribution in [-0.2, 0) is 30.2 Å². The third-order valence-electron chi connectivity index (χ3n) is 3.45. The first kappa shape index (κ1) is 16.0. The lowest BCUT2D eigenvalue weighted by molar-refractivity contribution is 0.446. The molecule has 116 valence electrons. The van der Waals surface area contributed by atoms with Crippen molar-refractivity contribution in [2.24, 2.45) is 7.05 Å². The zero-order valence-corrected chi connectivity index (χ0v) is 14.0. The van der Waals surface area contributed by atoms with Crippen LogP contribution in [0, 0.1) is 6.92 Å². The molecular weight excluding hydrogens is 314 g/mol. The lowest BCUT2D eigenvalue weighted by Crippen LogP contribution is -2.28. The number of aromatic nitrogens is 4. The summed E-state index contributed by atoms with van der Waals surface area (Å²) < 4.78 is 29.7. The number of aryl methyl sites for hydroxylation is 2. The molecule has 7 nitrogen and oxygen atoms in total. The van der Waals surface area contributed by atoms with Gasteiger partial charge < -0.3 is 0 Å². The Balaban J connectivity index is 2.33. The van der Waals surface area contributed by atoms with Gasteiger partial charge in [0.25, 0.3) is 0 Å². The molecule has 0 spiro atoms. The smallest absolute Gasteiger partial charge is 0.246 e. The van der Waals surface area contributed by atoms with E-state index in [-0.39, 0.29) is 11.4 Å². The van der Waals surface area contributed by atoms with Crippen molar-refractivity contribution < 1.29 is 8.42 Å². The van der Waals surface area contributed by atoms with Gasteiger partial charge in [0.15, 0.2) is 0 Å². The van der Waals surface area contributed by atoms with Crippen molar-refractivity contribution in [1.29, 1.82) is 0 Å². The summed E-state index contributed by atoms with van der Waals surface area (Å²) in [5.74, 6) is 0. The minimum absolute atomic E-state index is 0.156. The minimum Gasteiger partial charge on any atom is -0.272 e. The van der Waals surface area contributed by atoms with Crippen molar-refractivity contribution in [1.82, 2.24) is 23.9 Å². The number of sulfonamides is 1. The SMILES string of the molecule is CCn1ncc(Cl)c1CN(C)S(=O)(=O)c1cnn(C)c1C. The van der Waals surface area contributed by atoms with Crippen LogP contribution >= 0.6 is 11.6 Å². The van der Waals surface area contributed by atoms with Crippen LogP contribution in [0.1, 0.15) is 18.3 Å². The normalized spacial score (nSPS) is 12.3. The Morgan fingerprint density at radius 3 is 2.52 bits per heavy atom. The maximum atomic E-state index is 12.6. The Bertz CT molecular complexity index is 750. The van der Waals surface area contributed by atoms with E-state index in [9.17, 15) is 8.42 Å². The van der Waals surface area contributed by atoms with E-state index in [1.54, 1.807) is 18.7 Å². The molecule has 0 aliphatic carbocycles. The Morgan fingerprint density at radius 2 is 2.00 bits per heavy atom. The molecule has 0 aliphatic rings. The summed E-state index contributed by atoms with van der Waals surface area (Å²) in [4.78, 5) is 0.200. The van der Waals surface area contributed by atoms with Gasteiger partial charge in [-0.15, -0.1) is 0 Å². The quantitative estimate of drug-likeness (QED) is 0.830. The predicted octanol–water partition coefficient (Wildman–Crippen LogP) is 1.42. The third kappa shape index (κ3) is 2.83. The zero-order valence-electron chi connectivity index (χ0n) is 12.4. The fourth-order valence-corrected chi connectivity index (χ4v) is 3.53. The van der Waals surface area contributed by atoms with Gasteiger partial charge in [0, 0.05) is 20.6 Å². The minimum atomic E-state index is -3.62. The van der Waals surface area contributed by atoms with Crippen LogP contribution in [0.25, 0.3) is 0 Å². The fourth-order valence-electron chi connectivity index (χ4n) is 2.01. The summed E-state index contributed by atoms with van der Waals surface area (Å²) in [6, 6.07) is 0. The van der Waals surface area contributed by atoms with Gasteiger partial charge in [0.1, 0.15) is 4.90 Å². The molecule has 0 radical (unpaired) electrons. The van der Waals surface area contributed by atoms with Crippen molar-refractivity contribution in [3.63, 3.8) is 0 Å². The lowest BCUT2D eigenvalue weighted by Gasteiger charge is -2.17. The second-order valence-corrected chi connectivity index (χ2v) is 7.15. The van der Waals surface area contributed by atoms with Gasteiger partial charge in [0.05, 0.1) is 35.3 Å². The molecule has 0 atom stereocenters. The number of nitrogens with zero attached hydrogens (tertiary/aromatic N) is 5. The second kappa shape index (κ2) is 5.78. The van der Waals surface area contributed by atoms with Crippen LogP contribution in [0.2, 0.25) is 5.02 Å². The van der Waals surface area contributed by atoms with E-state index in [1.807, 2.05) is 6.92 Å². The lowest BCUT2D eigenvalue weighted by atomic mass is 10.4. The van der Waals surface area contributed by atoms with E-state index >= 15 is 0 Å². The van der Waals surface area contributed by atoms with Gasteiger partial charge in [-0.1, -0.05) is 11.6 Å². The molecule has 2 aromatic rings. The predicted molar refractivity (Wildman–Crippen MR) is 79.5 cm³/mol. The van der Waals surface area contributed by atoms with Gasteiger partial charge in [0.2, 0.25) is 10.0 Å². The highest BCUT2D eigenvalue weighted by Crippen LogP contribution is 2.22. The number of hydrogen-bond donors (Lipinski definition) is 0. The van der Waals surface area contributed by atoms with E-state index in [4.69, 9.17) is 11.6 Å². The monoisotopic (exact) mass is 331 g/mol. The first-order valence-electron chi connectivity index (χ1n) is 6.44. The van der Waals surface area contributed by atoms with Gasteiger partial charge in [-0.25, -0.2) is 8.42 Å².